The van der Waals surface area contributed by atoms with E-state index in [1.54, 1.807) is 12.1 Å². The summed E-state index contributed by atoms with van der Waals surface area (Å²) in [7, 11) is 1.96. The van der Waals surface area contributed by atoms with Crippen LogP contribution in [0.15, 0.2) is 47.1 Å². The number of rotatable bonds is 3. The zero-order valence-electron chi connectivity index (χ0n) is 9.48. The van der Waals surface area contributed by atoms with Crippen molar-refractivity contribution in [3.05, 3.63) is 58.3 Å². The SMILES string of the molecule is Cn1cccc1CNC(=O)c1cccc(Br)c1. The van der Waals surface area contributed by atoms with Gasteiger partial charge in [0.2, 0.25) is 0 Å². The molecule has 17 heavy (non-hydrogen) atoms. The summed E-state index contributed by atoms with van der Waals surface area (Å²) in [5.41, 5.74) is 1.74. The number of hydrogen-bond donors (Lipinski definition) is 1. The average molecular weight is 293 g/mol. The van der Waals surface area contributed by atoms with Crippen LogP contribution in [-0.4, -0.2) is 10.5 Å². The summed E-state index contributed by atoms with van der Waals surface area (Å²) in [6, 6.07) is 11.3. The first-order chi connectivity index (χ1) is 8.16. The first-order valence-electron chi connectivity index (χ1n) is 5.31. The van der Waals surface area contributed by atoms with Crippen LogP contribution >= 0.6 is 15.9 Å². The summed E-state index contributed by atoms with van der Waals surface area (Å²) in [5, 5.41) is 2.89. The summed E-state index contributed by atoms with van der Waals surface area (Å²) in [6.45, 7) is 0.537. The Hall–Kier alpha value is -1.55. The molecular formula is C13H13BrN2O. The number of aromatic nitrogens is 1. The molecule has 0 saturated carbocycles. The molecule has 0 aliphatic carbocycles. The molecule has 3 nitrogen and oxygen atoms in total. The molecule has 1 amide bonds. The summed E-state index contributed by atoms with van der Waals surface area (Å²) in [5.74, 6) is -0.0625. The van der Waals surface area contributed by atoms with E-state index in [2.05, 4.69) is 21.2 Å². The van der Waals surface area contributed by atoms with Crippen LogP contribution in [0.5, 0.6) is 0 Å². The van der Waals surface area contributed by atoms with Crippen molar-refractivity contribution in [3.63, 3.8) is 0 Å². The Morgan fingerprint density at radius 2 is 2.18 bits per heavy atom. The molecular weight excluding hydrogens is 280 g/mol. The first kappa shape index (κ1) is 11.9. The largest absolute Gasteiger partial charge is 0.353 e. The molecule has 0 saturated heterocycles. The third-order valence-corrected chi connectivity index (χ3v) is 3.06. The maximum absolute atomic E-state index is 11.9. The van der Waals surface area contributed by atoms with Gasteiger partial charge in [-0.3, -0.25) is 4.79 Å². The van der Waals surface area contributed by atoms with E-state index in [9.17, 15) is 4.79 Å². The fraction of sp³-hybridized carbons (Fsp3) is 0.154. The summed E-state index contributed by atoms with van der Waals surface area (Å²) in [6.07, 6.45) is 1.96. The van der Waals surface area contributed by atoms with Crippen LogP contribution in [0.1, 0.15) is 16.1 Å². The summed E-state index contributed by atoms with van der Waals surface area (Å²) < 4.78 is 2.89. The van der Waals surface area contributed by atoms with Crippen LogP contribution in [0.4, 0.5) is 0 Å². The van der Waals surface area contributed by atoms with Gasteiger partial charge in [0, 0.05) is 29.0 Å². The fourth-order valence-electron chi connectivity index (χ4n) is 1.58. The lowest BCUT2D eigenvalue weighted by Crippen LogP contribution is -2.23. The highest BCUT2D eigenvalue weighted by Crippen LogP contribution is 2.11. The van der Waals surface area contributed by atoms with E-state index < -0.39 is 0 Å². The Morgan fingerprint density at radius 3 is 2.82 bits per heavy atom. The number of carbonyl (C=O) groups excluding carboxylic acids is 1. The third-order valence-electron chi connectivity index (χ3n) is 2.57. The molecule has 0 aliphatic rings. The van der Waals surface area contributed by atoms with Crippen molar-refractivity contribution in [1.82, 2.24) is 9.88 Å². The quantitative estimate of drug-likeness (QED) is 0.927. The number of aryl methyl sites for hydroxylation is 1. The first-order valence-corrected chi connectivity index (χ1v) is 6.10. The van der Waals surface area contributed by atoms with E-state index in [0.29, 0.717) is 12.1 Å². The van der Waals surface area contributed by atoms with E-state index >= 15 is 0 Å². The minimum absolute atomic E-state index is 0.0625. The molecule has 0 fully saturated rings. The number of nitrogens with one attached hydrogen (secondary N) is 1. The monoisotopic (exact) mass is 292 g/mol. The van der Waals surface area contributed by atoms with Crippen LogP contribution in [-0.2, 0) is 13.6 Å². The lowest BCUT2D eigenvalue weighted by atomic mass is 10.2. The van der Waals surface area contributed by atoms with Gasteiger partial charge in [-0.2, -0.15) is 0 Å². The standard InChI is InChI=1S/C13H13BrN2O/c1-16-7-3-6-12(16)9-15-13(17)10-4-2-5-11(14)8-10/h2-8H,9H2,1H3,(H,15,17). The molecule has 0 aliphatic heterocycles. The molecule has 0 unspecified atom stereocenters. The van der Waals surface area contributed by atoms with Gasteiger partial charge in [-0.1, -0.05) is 22.0 Å². The van der Waals surface area contributed by atoms with Crippen molar-refractivity contribution in [3.8, 4) is 0 Å². The molecule has 1 N–H and O–H groups in total. The number of hydrogen-bond acceptors (Lipinski definition) is 1. The highest BCUT2D eigenvalue weighted by Gasteiger charge is 2.06. The van der Waals surface area contributed by atoms with Gasteiger partial charge in [0.25, 0.3) is 5.91 Å². The smallest absolute Gasteiger partial charge is 0.251 e. The van der Waals surface area contributed by atoms with E-state index in [1.165, 1.54) is 0 Å². The molecule has 0 bridgehead atoms. The van der Waals surface area contributed by atoms with Gasteiger partial charge in [-0.25, -0.2) is 0 Å². The molecule has 0 radical (unpaired) electrons. The Bertz CT molecular complexity index is 534. The Labute approximate surface area is 109 Å². The number of halogens is 1. The molecule has 0 atom stereocenters. The molecule has 88 valence electrons. The zero-order valence-corrected chi connectivity index (χ0v) is 11.1. The second-order valence-corrected chi connectivity index (χ2v) is 4.72. The molecule has 2 rings (SSSR count). The van der Waals surface area contributed by atoms with E-state index in [-0.39, 0.29) is 5.91 Å². The second-order valence-electron chi connectivity index (χ2n) is 3.80. The third kappa shape index (κ3) is 2.97. The number of carbonyl (C=O) groups is 1. The molecule has 1 heterocycles. The van der Waals surface area contributed by atoms with Crippen LogP contribution in [0.2, 0.25) is 0 Å². The highest BCUT2D eigenvalue weighted by atomic mass is 79.9. The van der Waals surface area contributed by atoms with Crippen molar-refractivity contribution < 1.29 is 4.79 Å². The van der Waals surface area contributed by atoms with Gasteiger partial charge in [0.1, 0.15) is 0 Å². The van der Waals surface area contributed by atoms with Crippen LogP contribution in [0.25, 0.3) is 0 Å². The lowest BCUT2D eigenvalue weighted by Gasteiger charge is -2.06. The maximum Gasteiger partial charge on any atom is 0.251 e. The normalized spacial score (nSPS) is 10.2. The predicted molar refractivity (Wildman–Crippen MR) is 70.7 cm³/mol. The van der Waals surface area contributed by atoms with Crippen LogP contribution < -0.4 is 5.32 Å². The van der Waals surface area contributed by atoms with Crippen LogP contribution in [0.3, 0.4) is 0 Å². The minimum atomic E-state index is -0.0625. The van der Waals surface area contributed by atoms with E-state index in [4.69, 9.17) is 0 Å². The van der Waals surface area contributed by atoms with Gasteiger partial charge in [-0.05, 0) is 30.3 Å². The van der Waals surface area contributed by atoms with Gasteiger partial charge >= 0.3 is 0 Å². The molecule has 0 spiro atoms. The maximum atomic E-state index is 11.9. The van der Waals surface area contributed by atoms with Crippen molar-refractivity contribution in [2.24, 2.45) is 7.05 Å². The second kappa shape index (κ2) is 5.19. The molecule has 2 aromatic rings. The number of amides is 1. The average Bonchev–Trinajstić information content (AvgIpc) is 2.72. The van der Waals surface area contributed by atoms with E-state index in [0.717, 1.165) is 10.2 Å². The highest BCUT2D eigenvalue weighted by molar-refractivity contribution is 9.10. The molecule has 1 aromatic heterocycles. The zero-order chi connectivity index (χ0) is 12.3. The van der Waals surface area contributed by atoms with Gasteiger partial charge < -0.3 is 9.88 Å². The lowest BCUT2D eigenvalue weighted by molar-refractivity contribution is 0.0950. The predicted octanol–water partition coefficient (Wildman–Crippen LogP) is 2.72. The Balaban J connectivity index is 2.01. The van der Waals surface area contributed by atoms with Crippen molar-refractivity contribution in [2.75, 3.05) is 0 Å². The van der Waals surface area contributed by atoms with Crippen molar-refractivity contribution in [2.45, 2.75) is 6.54 Å². The van der Waals surface area contributed by atoms with Crippen molar-refractivity contribution >= 4 is 21.8 Å². The summed E-state index contributed by atoms with van der Waals surface area (Å²) >= 11 is 3.35. The number of benzene rings is 1. The number of nitrogens with zero attached hydrogens (tertiary/aromatic N) is 1. The topological polar surface area (TPSA) is 34.0 Å². The van der Waals surface area contributed by atoms with Crippen molar-refractivity contribution in [1.29, 1.82) is 0 Å². The van der Waals surface area contributed by atoms with Gasteiger partial charge in [0.05, 0.1) is 6.54 Å². The summed E-state index contributed by atoms with van der Waals surface area (Å²) in [4.78, 5) is 11.9. The van der Waals surface area contributed by atoms with E-state index in [1.807, 2.05) is 42.1 Å². The van der Waals surface area contributed by atoms with Gasteiger partial charge in [0.15, 0.2) is 0 Å². The van der Waals surface area contributed by atoms with Crippen LogP contribution in [0, 0.1) is 0 Å². The fourth-order valence-corrected chi connectivity index (χ4v) is 1.98. The Morgan fingerprint density at radius 1 is 1.35 bits per heavy atom. The molecule has 4 heteroatoms. The Kier molecular flexibility index (Phi) is 3.64. The molecule has 1 aromatic carbocycles. The minimum Gasteiger partial charge on any atom is -0.353 e. The van der Waals surface area contributed by atoms with Gasteiger partial charge in [-0.15, -0.1) is 0 Å².